The van der Waals surface area contributed by atoms with Crippen LogP contribution in [-0.2, 0) is 13.0 Å². The Kier molecular flexibility index (Phi) is 5.17. The van der Waals surface area contributed by atoms with E-state index < -0.39 is 0 Å². The van der Waals surface area contributed by atoms with Gasteiger partial charge in [-0.3, -0.25) is 4.98 Å². The summed E-state index contributed by atoms with van der Waals surface area (Å²) >= 11 is 9.55. The maximum Gasteiger partial charge on any atom is 0.0462 e. The van der Waals surface area contributed by atoms with Crippen molar-refractivity contribution in [2.75, 3.05) is 6.54 Å². The van der Waals surface area contributed by atoms with Crippen LogP contribution in [0.25, 0.3) is 0 Å². The van der Waals surface area contributed by atoms with Gasteiger partial charge in [-0.25, -0.2) is 0 Å². The number of halogens is 2. The van der Waals surface area contributed by atoms with Gasteiger partial charge in [-0.1, -0.05) is 33.6 Å². The minimum Gasteiger partial charge on any atom is -0.312 e. The fraction of sp³-hybridized carbons (Fsp3) is 0.214. The summed E-state index contributed by atoms with van der Waals surface area (Å²) in [5, 5.41) is 4.18. The van der Waals surface area contributed by atoms with Gasteiger partial charge in [-0.05, 0) is 48.4 Å². The molecular formula is C14H14BrClN2. The number of nitrogens with one attached hydrogen (secondary N) is 1. The highest BCUT2D eigenvalue weighted by Gasteiger charge is 2.00. The largest absolute Gasteiger partial charge is 0.312 e. The quantitative estimate of drug-likeness (QED) is 0.845. The second kappa shape index (κ2) is 6.88. The zero-order valence-electron chi connectivity index (χ0n) is 9.87. The third kappa shape index (κ3) is 4.09. The Morgan fingerprint density at radius 2 is 1.94 bits per heavy atom. The Morgan fingerprint density at radius 1 is 1.17 bits per heavy atom. The summed E-state index contributed by atoms with van der Waals surface area (Å²) < 4.78 is 1.01. The molecule has 0 aliphatic carbocycles. The van der Waals surface area contributed by atoms with Gasteiger partial charge in [0.1, 0.15) is 0 Å². The highest BCUT2D eigenvalue weighted by Crippen LogP contribution is 2.21. The molecule has 1 heterocycles. The van der Waals surface area contributed by atoms with Crippen molar-refractivity contribution in [1.82, 2.24) is 10.3 Å². The van der Waals surface area contributed by atoms with Crippen LogP contribution in [0.4, 0.5) is 0 Å². The second-order valence-electron chi connectivity index (χ2n) is 4.02. The molecule has 94 valence electrons. The van der Waals surface area contributed by atoms with Crippen LogP contribution in [0.15, 0.2) is 47.2 Å². The van der Waals surface area contributed by atoms with Crippen molar-refractivity contribution < 1.29 is 0 Å². The lowest BCUT2D eigenvalue weighted by Crippen LogP contribution is -2.16. The number of nitrogens with zero attached hydrogens (tertiary/aromatic N) is 1. The maximum atomic E-state index is 6.15. The zero-order valence-corrected chi connectivity index (χ0v) is 12.2. The number of hydrogen-bond acceptors (Lipinski definition) is 2. The standard InChI is InChI=1S/C14H14BrClN2/c15-13-2-1-12(14(16)9-13)10-18-8-5-11-3-6-17-7-4-11/h1-4,6-7,9,18H,5,8,10H2. The van der Waals surface area contributed by atoms with Crippen LogP contribution in [0.5, 0.6) is 0 Å². The van der Waals surface area contributed by atoms with Crippen molar-refractivity contribution in [3.63, 3.8) is 0 Å². The summed E-state index contributed by atoms with van der Waals surface area (Å²) in [5.74, 6) is 0. The van der Waals surface area contributed by atoms with E-state index in [0.29, 0.717) is 0 Å². The predicted octanol–water partition coefficient (Wildman–Crippen LogP) is 3.83. The number of rotatable bonds is 5. The molecule has 2 aromatic rings. The maximum absolute atomic E-state index is 6.15. The van der Waals surface area contributed by atoms with E-state index in [0.717, 1.165) is 34.6 Å². The van der Waals surface area contributed by atoms with Crippen molar-refractivity contribution >= 4 is 27.5 Å². The van der Waals surface area contributed by atoms with Gasteiger partial charge in [0.2, 0.25) is 0 Å². The van der Waals surface area contributed by atoms with E-state index in [4.69, 9.17) is 11.6 Å². The third-order valence-electron chi connectivity index (χ3n) is 2.67. The predicted molar refractivity (Wildman–Crippen MR) is 78.8 cm³/mol. The SMILES string of the molecule is Clc1cc(Br)ccc1CNCCc1ccncc1. The van der Waals surface area contributed by atoms with Crippen molar-refractivity contribution in [1.29, 1.82) is 0 Å². The third-order valence-corrected chi connectivity index (χ3v) is 3.52. The first-order valence-electron chi connectivity index (χ1n) is 5.79. The van der Waals surface area contributed by atoms with Crippen molar-refractivity contribution in [3.8, 4) is 0 Å². The molecule has 0 unspecified atom stereocenters. The molecule has 0 amide bonds. The topological polar surface area (TPSA) is 24.9 Å². The highest BCUT2D eigenvalue weighted by atomic mass is 79.9. The van der Waals surface area contributed by atoms with Gasteiger partial charge in [-0.15, -0.1) is 0 Å². The summed E-state index contributed by atoms with van der Waals surface area (Å²) in [7, 11) is 0. The number of benzene rings is 1. The van der Waals surface area contributed by atoms with E-state index >= 15 is 0 Å². The van der Waals surface area contributed by atoms with Gasteiger partial charge in [0.15, 0.2) is 0 Å². The fourth-order valence-electron chi connectivity index (χ4n) is 1.67. The van der Waals surface area contributed by atoms with Crippen LogP contribution in [-0.4, -0.2) is 11.5 Å². The molecule has 2 nitrogen and oxygen atoms in total. The first-order chi connectivity index (χ1) is 8.75. The Labute approximate surface area is 121 Å². The smallest absolute Gasteiger partial charge is 0.0462 e. The minimum absolute atomic E-state index is 0.789. The molecule has 1 aromatic heterocycles. The fourth-order valence-corrected chi connectivity index (χ4v) is 2.41. The highest BCUT2D eigenvalue weighted by molar-refractivity contribution is 9.10. The molecule has 18 heavy (non-hydrogen) atoms. The van der Waals surface area contributed by atoms with Gasteiger partial charge in [0.05, 0.1) is 0 Å². The van der Waals surface area contributed by atoms with E-state index in [9.17, 15) is 0 Å². The van der Waals surface area contributed by atoms with Gasteiger partial charge in [-0.2, -0.15) is 0 Å². The lowest BCUT2D eigenvalue weighted by molar-refractivity contribution is 0.686. The molecule has 1 N–H and O–H groups in total. The average Bonchev–Trinajstić information content (AvgIpc) is 2.38. The van der Waals surface area contributed by atoms with Crippen LogP contribution in [0.2, 0.25) is 5.02 Å². The minimum atomic E-state index is 0.789. The lowest BCUT2D eigenvalue weighted by atomic mass is 10.2. The first-order valence-corrected chi connectivity index (χ1v) is 6.96. The molecular weight excluding hydrogens is 312 g/mol. The van der Waals surface area contributed by atoms with Crippen LogP contribution in [0, 0.1) is 0 Å². The lowest BCUT2D eigenvalue weighted by Gasteiger charge is -2.07. The Balaban J connectivity index is 1.79. The van der Waals surface area contributed by atoms with Gasteiger partial charge >= 0.3 is 0 Å². The Hall–Kier alpha value is -0.900. The summed E-state index contributed by atoms with van der Waals surface area (Å²) in [6.45, 7) is 1.72. The van der Waals surface area contributed by atoms with Crippen molar-refractivity contribution in [2.45, 2.75) is 13.0 Å². The number of pyridine rings is 1. The van der Waals surface area contributed by atoms with Gasteiger partial charge < -0.3 is 5.32 Å². The summed E-state index contributed by atoms with van der Waals surface area (Å²) in [4.78, 5) is 4.00. The Bertz CT molecular complexity index is 502. The normalized spacial score (nSPS) is 10.6. The molecule has 0 fully saturated rings. The molecule has 0 radical (unpaired) electrons. The number of aromatic nitrogens is 1. The van der Waals surface area contributed by atoms with Crippen LogP contribution in [0.3, 0.4) is 0 Å². The first kappa shape index (κ1) is 13.5. The van der Waals surface area contributed by atoms with E-state index in [1.165, 1.54) is 5.56 Å². The molecule has 2 rings (SSSR count). The van der Waals surface area contributed by atoms with Crippen molar-refractivity contribution in [3.05, 3.63) is 63.3 Å². The van der Waals surface area contributed by atoms with E-state index in [-0.39, 0.29) is 0 Å². The molecule has 0 aliphatic rings. The molecule has 0 atom stereocenters. The van der Waals surface area contributed by atoms with Crippen LogP contribution >= 0.6 is 27.5 Å². The summed E-state index contributed by atoms with van der Waals surface area (Å²) in [6.07, 6.45) is 4.64. The molecule has 0 aliphatic heterocycles. The monoisotopic (exact) mass is 324 g/mol. The second-order valence-corrected chi connectivity index (χ2v) is 5.34. The summed E-state index contributed by atoms with van der Waals surface area (Å²) in [6, 6.07) is 10.0. The average molecular weight is 326 g/mol. The van der Waals surface area contributed by atoms with E-state index in [1.807, 2.05) is 42.7 Å². The van der Waals surface area contributed by atoms with Crippen molar-refractivity contribution in [2.24, 2.45) is 0 Å². The zero-order chi connectivity index (χ0) is 12.8. The van der Waals surface area contributed by atoms with E-state index in [1.54, 1.807) is 0 Å². The Morgan fingerprint density at radius 3 is 2.67 bits per heavy atom. The molecule has 0 bridgehead atoms. The molecule has 0 saturated heterocycles. The van der Waals surface area contributed by atoms with Crippen LogP contribution < -0.4 is 5.32 Å². The molecule has 4 heteroatoms. The molecule has 0 spiro atoms. The molecule has 1 aromatic carbocycles. The number of hydrogen-bond donors (Lipinski definition) is 1. The van der Waals surface area contributed by atoms with Crippen LogP contribution in [0.1, 0.15) is 11.1 Å². The molecule has 0 saturated carbocycles. The summed E-state index contributed by atoms with van der Waals surface area (Å²) in [5.41, 5.74) is 2.41. The van der Waals surface area contributed by atoms with E-state index in [2.05, 4.69) is 26.2 Å². The van der Waals surface area contributed by atoms with Gasteiger partial charge in [0.25, 0.3) is 0 Å². The van der Waals surface area contributed by atoms with Gasteiger partial charge in [0, 0.05) is 28.4 Å².